The van der Waals surface area contributed by atoms with E-state index in [1.807, 2.05) is 64.9 Å². The van der Waals surface area contributed by atoms with Gasteiger partial charge >= 0.3 is 0 Å². The second-order valence-corrected chi connectivity index (χ2v) is 10.5. The lowest BCUT2D eigenvalue weighted by atomic mass is 10.1. The van der Waals surface area contributed by atoms with Gasteiger partial charge in [0.15, 0.2) is 0 Å². The Morgan fingerprint density at radius 1 is 1.06 bits per heavy atom. The van der Waals surface area contributed by atoms with Crippen LogP contribution in [0.5, 0.6) is 0 Å². The molecule has 0 fully saturated rings. The van der Waals surface area contributed by atoms with Crippen molar-refractivity contribution in [3.63, 3.8) is 0 Å². The van der Waals surface area contributed by atoms with Crippen LogP contribution in [0.2, 0.25) is 0 Å². The molecule has 1 N–H and O–H groups in total. The van der Waals surface area contributed by atoms with Crippen LogP contribution in [0, 0.1) is 11.7 Å². The number of rotatable bonds is 10. The molecule has 0 aliphatic rings. The summed E-state index contributed by atoms with van der Waals surface area (Å²) in [7, 11) is -0.0872. The van der Waals surface area contributed by atoms with E-state index in [1.165, 1.54) is 16.4 Å². The first kappa shape index (κ1) is 25.8. The second-order valence-electron chi connectivity index (χ2n) is 8.65. The van der Waals surface area contributed by atoms with Gasteiger partial charge in [-0.25, -0.2) is 12.8 Å². The first-order chi connectivity index (χ1) is 14.9. The van der Waals surface area contributed by atoms with Gasteiger partial charge in [-0.1, -0.05) is 20.8 Å². The van der Waals surface area contributed by atoms with Crippen molar-refractivity contribution in [3.8, 4) is 0 Å². The maximum absolute atomic E-state index is 13.4. The van der Waals surface area contributed by atoms with Gasteiger partial charge in [0.05, 0.1) is 4.90 Å². The summed E-state index contributed by atoms with van der Waals surface area (Å²) < 4.78 is 41.7. The van der Waals surface area contributed by atoms with E-state index in [0.29, 0.717) is 18.5 Å². The third-order valence-electron chi connectivity index (χ3n) is 5.27. The van der Waals surface area contributed by atoms with Crippen LogP contribution in [0.4, 0.5) is 15.8 Å². The number of nitrogens with one attached hydrogen (secondary N) is 1. The minimum atomic E-state index is -3.86. The van der Waals surface area contributed by atoms with Gasteiger partial charge in [-0.05, 0) is 67.3 Å². The molecule has 0 aromatic heterocycles. The first-order valence-corrected chi connectivity index (χ1v) is 12.3. The highest BCUT2D eigenvalue weighted by Gasteiger charge is 2.29. The normalized spacial score (nSPS) is 12.8. The Balaban J connectivity index is 2.46. The van der Waals surface area contributed by atoms with Gasteiger partial charge in [0.1, 0.15) is 5.82 Å². The second kappa shape index (κ2) is 10.9. The highest BCUT2D eigenvalue weighted by atomic mass is 32.2. The van der Waals surface area contributed by atoms with Gasteiger partial charge in [-0.3, -0.25) is 4.79 Å². The zero-order chi connectivity index (χ0) is 24.1. The largest absolute Gasteiger partial charge is 0.377 e. The number of hydrogen-bond donors (Lipinski definition) is 1. The summed E-state index contributed by atoms with van der Waals surface area (Å²) in [6.45, 7) is 7.85. The zero-order valence-corrected chi connectivity index (χ0v) is 20.5. The monoisotopic (exact) mass is 463 g/mol. The van der Waals surface area contributed by atoms with Crippen LogP contribution in [0.15, 0.2) is 47.4 Å². The summed E-state index contributed by atoms with van der Waals surface area (Å²) in [6, 6.07) is 10.1. The number of anilines is 2. The summed E-state index contributed by atoms with van der Waals surface area (Å²) in [4.78, 5) is 14.2. The van der Waals surface area contributed by atoms with E-state index in [0.717, 1.165) is 23.4 Å². The molecule has 2 aromatic carbocycles. The van der Waals surface area contributed by atoms with Gasteiger partial charge in [0.25, 0.3) is 0 Å². The molecule has 8 heteroatoms. The van der Waals surface area contributed by atoms with Crippen molar-refractivity contribution in [2.75, 3.05) is 24.3 Å². The minimum absolute atomic E-state index is 0.0481. The molecule has 0 heterocycles. The molecule has 2 rings (SSSR count). The number of carbonyl (C=O) groups excluding carboxylic acids is 1. The van der Waals surface area contributed by atoms with Crippen LogP contribution in [0.25, 0.3) is 0 Å². The lowest BCUT2D eigenvalue weighted by Gasteiger charge is -2.30. The fourth-order valence-electron chi connectivity index (χ4n) is 3.40. The van der Waals surface area contributed by atoms with Crippen molar-refractivity contribution in [1.29, 1.82) is 0 Å². The summed E-state index contributed by atoms with van der Waals surface area (Å²) >= 11 is 0. The van der Waals surface area contributed by atoms with Gasteiger partial charge < -0.3 is 10.2 Å². The lowest BCUT2D eigenvalue weighted by molar-refractivity contribution is -0.116. The average molecular weight is 464 g/mol. The zero-order valence-electron chi connectivity index (χ0n) is 19.7. The molecule has 1 atom stereocenters. The molecule has 1 unspecified atom stereocenters. The van der Waals surface area contributed by atoms with Gasteiger partial charge in [0.2, 0.25) is 15.9 Å². The highest BCUT2D eigenvalue weighted by molar-refractivity contribution is 7.89. The van der Waals surface area contributed by atoms with Gasteiger partial charge in [-0.2, -0.15) is 4.31 Å². The molecule has 0 radical (unpaired) electrons. The number of hydrogen-bond acceptors (Lipinski definition) is 4. The summed E-state index contributed by atoms with van der Waals surface area (Å²) in [5.41, 5.74) is 2.25. The van der Waals surface area contributed by atoms with Gasteiger partial charge in [0, 0.05) is 44.5 Å². The van der Waals surface area contributed by atoms with Crippen LogP contribution < -0.4 is 10.2 Å². The lowest BCUT2D eigenvalue weighted by Crippen LogP contribution is -2.38. The van der Waals surface area contributed by atoms with E-state index in [-0.39, 0.29) is 29.3 Å². The number of benzene rings is 2. The predicted octanol–water partition coefficient (Wildman–Crippen LogP) is 4.87. The maximum atomic E-state index is 13.4. The number of halogens is 1. The summed E-state index contributed by atoms with van der Waals surface area (Å²) in [5.74, 6) is -0.336. The fraction of sp³-hybridized carbons (Fsp3) is 0.458. The van der Waals surface area contributed by atoms with E-state index in [4.69, 9.17) is 0 Å². The molecule has 0 aliphatic carbocycles. The third kappa shape index (κ3) is 6.53. The van der Waals surface area contributed by atoms with Crippen LogP contribution in [0.3, 0.4) is 0 Å². The molecule has 32 heavy (non-hydrogen) atoms. The van der Waals surface area contributed by atoms with E-state index in [1.54, 1.807) is 0 Å². The van der Waals surface area contributed by atoms with E-state index >= 15 is 0 Å². The molecule has 0 saturated heterocycles. The summed E-state index contributed by atoms with van der Waals surface area (Å²) in [6.07, 6.45) is 1.02. The SMILES string of the molecule is CCC(C)N(Cc1cc(NC(=O)CC(C)C)ccc1N(C)C)S(=O)(=O)c1ccc(F)cc1. The third-order valence-corrected chi connectivity index (χ3v) is 7.24. The number of nitrogens with zero attached hydrogens (tertiary/aromatic N) is 2. The molecular weight excluding hydrogens is 429 g/mol. The molecule has 2 aromatic rings. The Labute approximate surface area is 191 Å². The first-order valence-electron chi connectivity index (χ1n) is 10.8. The van der Waals surface area contributed by atoms with Crippen LogP contribution >= 0.6 is 0 Å². The fourth-order valence-corrected chi connectivity index (χ4v) is 5.08. The van der Waals surface area contributed by atoms with Crippen molar-refractivity contribution in [3.05, 3.63) is 53.8 Å². The molecule has 6 nitrogen and oxygen atoms in total. The van der Waals surface area contributed by atoms with E-state index in [2.05, 4.69) is 5.32 Å². The van der Waals surface area contributed by atoms with E-state index < -0.39 is 15.8 Å². The van der Waals surface area contributed by atoms with Crippen molar-refractivity contribution in [2.45, 2.75) is 58.0 Å². The molecule has 0 saturated carbocycles. The Kier molecular flexibility index (Phi) is 8.81. The Morgan fingerprint density at radius 3 is 2.22 bits per heavy atom. The van der Waals surface area contributed by atoms with Crippen LogP contribution in [-0.4, -0.2) is 38.8 Å². The van der Waals surface area contributed by atoms with Crippen molar-refractivity contribution in [1.82, 2.24) is 4.31 Å². The number of sulfonamides is 1. The van der Waals surface area contributed by atoms with Crippen molar-refractivity contribution >= 4 is 27.3 Å². The molecule has 0 aliphatic heterocycles. The van der Waals surface area contributed by atoms with Crippen LogP contribution in [-0.2, 0) is 21.4 Å². The van der Waals surface area contributed by atoms with Gasteiger partial charge in [-0.15, -0.1) is 0 Å². The average Bonchev–Trinajstić information content (AvgIpc) is 2.70. The molecule has 0 bridgehead atoms. The Morgan fingerprint density at radius 2 is 1.69 bits per heavy atom. The van der Waals surface area contributed by atoms with Crippen molar-refractivity contribution < 1.29 is 17.6 Å². The molecular formula is C24H34FN3O3S. The van der Waals surface area contributed by atoms with Crippen LogP contribution in [0.1, 0.15) is 46.1 Å². The highest BCUT2D eigenvalue weighted by Crippen LogP contribution is 2.29. The predicted molar refractivity (Wildman–Crippen MR) is 128 cm³/mol. The summed E-state index contributed by atoms with van der Waals surface area (Å²) in [5, 5.41) is 2.91. The quantitative estimate of drug-likeness (QED) is 0.546. The topological polar surface area (TPSA) is 69.7 Å². The molecule has 176 valence electrons. The number of amides is 1. The standard InChI is InChI=1S/C24H34FN3O3S/c1-7-18(4)28(32(30,31)22-11-8-20(25)9-12-22)16-19-15-21(10-13-23(19)27(5)6)26-24(29)14-17(2)3/h8-13,15,17-18H,7,14,16H2,1-6H3,(H,26,29). The maximum Gasteiger partial charge on any atom is 0.243 e. The molecule has 1 amide bonds. The minimum Gasteiger partial charge on any atom is -0.377 e. The van der Waals surface area contributed by atoms with Crippen molar-refractivity contribution in [2.24, 2.45) is 5.92 Å². The van der Waals surface area contributed by atoms with E-state index in [9.17, 15) is 17.6 Å². The molecule has 0 spiro atoms. The Hall–Kier alpha value is -2.45. The Bertz CT molecular complexity index is 1020. The smallest absolute Gasteiger partial charge is 0.243 e. The number of carbonyl (C=O) groups is 1.